The Morgan fingerprint density at radius 1 is 1.15 bits per heavy atom. The third kappa shape index (κ3) is 1.63. The molecule has 2 aliphatic carbocycles. The normalized spacial score (nSPS) is 21.9. The van der Waals surface area contributed by atoms with E-state index in [1.807, 2.05) is 0 Å². The van der Waals surface area contributed by atoms with Crippen LogP contribution in [0.1, 0.15) is 39.5 Å². The van der Waals surface area contributed by atoms with Gasteiger partial charge in [0.2, 0.25) is 0 Å². The van der Waals surface area contributed by atoms with E-state index in [-0.39, 0.29) is 0 Å². The molecule has 0 saturated carbocycles. The number of hydrogen-bond donors (Lipinski definition) is 0. The fourth-order valence-corrected chi connectivity index (χ4v) is 2.37. The van der Waals surface area contributed by atoms with Crippen molar-refractivity contribution < 1.29 is 0 Å². The number of hydrogen-bond acceptors (Lipinski definition) is 0. The lowest BCUT2D eigenvalue weighted by Gasteiger charge is -2.25. The first-order chi connectivity index (χ1) is 6.29. The van der Waals surface area contributed by atoms with Gasteiger partial charge < -0.3 is 0 Å². The highest BCUT2D eigenvalue weighted by Crippen LogP contribution is 2.35. The molecule has 13 heavy (non-hydrogen) atoms. The van der Waals surface area contributed by atoms with Gasteiger partial charge in [0, 0.05) is 0 Å². The highest BCUT2D eigenvalue weighted by Gasteiger charge is 2.17. The van der Waals surface area contributed by atoms with Crippen molar-refractivity contribution in [1.29, 1.82) is 0 Å². The Bertz CT molecular complexity index is 287. The smallest absolute Gasteiger partial charge is 0.0219 e. The molecule has 0 nitrogen and oxygen atoms in total. The second-order valence-corrected chi connectivity index (χ2v) is 4.30. The maximum atomic E-state index is 2.45. The van der Waals surface area contributed by atoms with E-state index in [1.54, 1.807) is 16.7 Å². The largest absolute Gasteiger partial charge is 0.0839 e. The highest BCUT2D eigenvalue weighted by atomic mass is 14.2. The maximum absolute atomic E-state index is 2.45. The van der Waals surface area contributed by atoms with Crippen molar-refractivity contribution in [2.24, 2.45) is 5.92 Å². The molecule has 0 aromatic heterocycles. The average molecular weight is 174 g/mol. The summed E-state index contributed by atoms with van der Waals surface area (Å²) in [6, 6.07) is 0. The molecule has 0 heterocycles. The summed E-state index contributed by atoms with van der Waals surface area (Å²) in [5.41, 5.74) is 4.88. The van der Waals surface area contributed by atoms with Gasteiger partial charge in [0.25, 0.3) is 0 Å². The number of rotatable bonds is 1. The van der Waals surface area contributed by atoms with E-state index in [9.17, 15) is 0 Å². The quantitative estimate of drug-likeness (QED) is 0.563. The molecule has 0 bridgehead atoms. The second-order valence-electron chi connectivity index (χ2n) is 4.30. The first-order valence-corrected chi connectivity index (χ1v) is 5.38. The summed E-state index contributed by atoms with van der Waals surface area (Å²) < 4.78 is 0. The summed E-state index contributed by atoms with van der Waals surface area (Å²) in [5.74, 6) is 0.705. The molecule has 0 heteroatoms. The highest BCUT2D eigenvalue weighted by molar-refractivity contribution is 5.45. The van der Waals surface area contributed by atoms with Gasteiger partial charge in [-0.25, -0.2) is 0 Å². The molecule has 0 N–H and O–H groups in total. The van der Waals surface area contributed by atoms with Crippen LogP contribution in [0.4, 0.5) is 0 Å². The van der Waals surface area contributed by atoms with Crippen LogP contribution in [0.2, 0.25) is 0 Å². The van der Waals surface area contributed by atoms with E-state index in [4.69, 9.17) is 0 Å². The minimum Gasteiger partial charge on any atom is -0.0839 e. The predicted octanol–water partition coefficient (Wildman–Crippen LogP) is 4.01. The molecule has 0 fully saturated rings. The minimum absolute atomic E-state index is 0.705. The molecule has 0 radical (unpaired) electrons. The van der Waals surface area contributed by atoms with Crippen molar-refractivity contribution in [2.45, 2.75) is 39.5 Å². The summed E-state index contributed by atoms with van der Waals surface area (Å²) in [6.45, 7) is 4.61. The Kier molecular flexibility index (Phi) is 2.39. The van der Waals surface area contributed by atoms with E-state index in [2.05, 4.69) is 32.1 Å². The van der Waals surface area contributed by atoms with Crippen LogP contribution in [0.5, 0.6) is 0 Å². The Morgan fingerprint density at radius 3 is 2.77 bits per heavy atom. The standard InChI is InChI=1S/C13H18/c1-10(2)12-9-5-7-11-6-3-4-8-13(11)12/h3,6,9-10H,4-5,7-8H2,1-2H3. The molecule has 0 aliphatic heterocycles. The average Bonchev–Trinajstić information content (AvgIpc) is 2.17. The first kappa shape index (κ1) is 8.80. The lowest BCUT2D eigenvalue weighted by atomic mass is 9.81. The Balaban J connectivity index is 2.34. The van der Waals surface area contributed by atoms with Gasteiger partial charge in [-0.2, -0.15) is 0 Å². The van der Waals surface area contributed by atoms with Crippen LogP contribution >= 0.6 is 0 Å². The van der Waals surface area contributed by atoms with E-state index < -0.39 is 0 Å². The molecule has 0 spiro atoms. The van der Waals surface area contributed by atoms with Crippen LogP contribution in [0.3, 0.4) is 0 Å². The zero-order valence-corrected chi connectivity index (χ0v) is 8.64. The molecule has 70 valence electrons. The van der Waals surface area contributed by atoms with E-state index in [0.717, 1.165) is 0 Å². The molecular formula is C13H18. The van der Waals surface area contributed by atoms with E-state index in [1.165, 1.54) is 25.7 Å². The SMILES string of the molecule is CC(C)C1=CCCC2=C1CCC=C2. The van der Waals surface area contributed by atoms with Gasteiger partial charge in [-0.15, -0.1) is 0 Å². The van der Waals surface area contributed by atoms with Crippen LogP contribution in [0, 0.1) is 5.92 Å². The zero-order chi connectivity index (χ0) is 9.26. The minimum atomic E-state index is 0.705. The molecule has 0 atom stereocenters. The maximum Gasteiger partial charge on any atom is -0.0219 e. The van der Waals surface area contributed by atoms with Gasteiger partial charge in [0.05, 0.1) is 0 Å². The van der Waals surface area contributed by atoms with E-state index >= 15 is 0 Å². The fraction of sp³-hybridized carbons (Fsp3) is 0.538. The van der Waals surface area contributed by atoms with Crippen LogP contribution < -0.4 is 0 Å². The lowest BCUT2D eigenvalue weighted by molar-refractivity contribution is 0.723. The van der Waals surface area contributed by atoms with Crippen LogP contribution in [-0.2, 0) is 0 Å². The summed E-state index contributed by atoms with van der Waals surface area (Å²) in [4.78, 5) is 0. The molecule has 0 amide bonds. The fourth-order valence-electron chi connectivity index (χ4n) is 2.37. The van der Waals surface area contributed by atoms with Crippen LogP contribution in [-0.4, -0.2) is 0 Å². The summed E-state index contributed by atoms with van der Waals surface area (Å²) in [6.07, 6.45) is 12.1. The Morgan fingerprint density at radius 2 is 2.00 bits per heavy atom. The molecule has 0 unspecified atom stereocenters. The molecule has 0 saturated heterocycles. The van der Waals surface area contributed by atoms with Crippen molar-refractivity contribution >= 4 is 0 Å². The molecular weight excluding hydrogens is 156 g/mol. The monoisotopic (exact) mass is 174 g/mol. The molecule has 0 aromatic carbocycles. The van der Waals surface area contributed by atoms with Gasteiger partial charge >= 0.3 is 0 Å². The van der Waals surface area contributed by atoms with Gasteiger partial charge in [-0.1, -0.05) is 32.1 Å². The van der Waals surface area contributed by atoms with Gasteiger partial charge in [0.1, 0.15) is 0 Å². The second kappa shape index (κ2) is 3.53. The van der Waals surface area contributed by atoms with Gasteiger partial charge in [0.15, 0.2) is 0 Å². The van der Waals surface area contributed by atoms with E-state index in [0.29, 0.717) is 5.92 Å². The number of allylic oxidation sites excluding steroid dienone is 6. The summed E-state index contributed by atoms with van der Waals surface area (Å²) in [7, 11) is 0. The Hall–Kier alpha value is -0.780. The van der Waals surface area contributed by atoms with Crippen molar-refractivity contribution in [1.82, 2.24) is 0 Å². The third-order valence-electron chi connectivity index (χ3n) is 3.02. The molecule has 0 aromatic rings. The first-order valence-electron chi connectivity index (χ1n) is 5.38. The summed E-state index contributed by atoms with van der Waals surface area (Å²) >= 11 is 0. The Labute approximate surface area is 81.0 Å². The van der Waals surface area contributed by atoms with Gasteiger partial charge in [-0.3, -0.25) is 0 Å². The molecule has 2 aliphatic rings. The van der Waals surface area contributed by atoms with Crippen molar-refractivity contribution in [3.05, 3.63) is 34.9 Å². The predicted molar refractivity (Wildman–Crippen MR) is 57.6 cm³/mol. The van der Waals surface area contributed by atoms with Gasteiger partial charge in [-0.05, 0) is 48.3 Å². The van der Waals surface area contributed by atoms with Crippen LogP contribution in [0.25, 0.3) is 0 Å². The van der Waals surface area contributed by atoms with Crippen molar-refractivity contribution in [3.8, 4) is 0 Å². The lowest BCUT2D eigenvalue weighted by Crippen LogP contribution is -2.07. The van der Waals surface area contributed by atoms with Crippen molar-refractivity contribution in [3.63, 3.8) is 0 Å². The zero-order valence-electron chi connectivity index (χ0n) is 8.64. The summed E-state index contributed by atoms with van der Waals surface area (Å²) in [5, 5.41) is 0. The van der Waals surface area contributed by atoms with Crippen LogP contribution in [0.15, 0.2) is 34.9 Å². The third-order valence-corrected chi connectivity index (χ3v) is 3.02. The molecule has 2 rings (SSSR count). The topological polar surface area (TPSA) is 0 Å². The van der Waals surface area contributed by atoms with Crippen molar-refractivity contribution in [2.75, 3.05) is 0 Å².